The Morgan fingerprint density at radius 2 is 2.12 bits per heavy atom. The molecule has 0 saturated heterocycles. The Morgan fingerprint density at radius 1 is 1.38 bits per heavy atom. The zero-order chi connectivity index (χ0) is 11.5. The molecule has 1 amide bonds. The highest BCUT2D eigenvalue weighted by Crippen LogP contribution is 2.13. The van der Waals surface area contributed by atoms with Crippen LogP contribution in [0.4, 0.5) is 11.7 Å². The lowest BCUT2D eigenvalue weighted by Crippen LogP contribution is -2.14. The number of rotatable bonds is 2. The molecule has 3 N–H and O–H groups in total. The van der Waals surface area contributed by atoms with E-state index in [4.69, 9.17) is 10.2 Å². The van der Waals surface area contributed by atoms with Crippen LogP contribution in [0.2, 0.25) is 0 Å². The van der Waals surface area contributed by atoms with Crippen LogP contribution in [0.3, 0.4) is 0 Å². The fourth-order valence-corrected chi connectivity index (χ4v) is 1.22. The lowest BCUT2D eigenvalue weighted by Gasteiger charge is -2.03. The third-order valence-corrected chi connectivity index (χ3v) is 1.95. The number of amides is 1. The summed E-state index contributed by atoms with van der Waals surface area (Å²) < 4.78 is 5.02. The molecule has 6 heteroatoms. The number of carbonyl (C=O) groups excluding carboxylic acids is 1. The van der Waals surface area contributed by atoms with Gasteiger partial charge in [-0.25, -0.2) is 0 Å². The van der Waals surface area contributed by atoms with Crippen molar-refractivity contribution in [1.29, 1.82) is 0 Å². The average molecular weight is 218 g/mol. The third kappa shape index (κ3) is 2.00. The molecule has 0 radical (unpaired) electrons. The van der Waals surface area contributed by atoms with Crippen molar-refractivity contribution in [2.75, 3.05) is 11.1 Å². The maximum Gasteiger partial charge on any atom is 0.322 e. The van der Waals surface area contributed by atoms with E-state index in [0.29, 0.717) is 17.1 Å². The van der Waals surface area contributed by atoms with E-state index in [0.717, 1.165) is 0 Å². The molecule has 0 aliphatic heterocycles. The largest absolute Gasteiger partial charge is 0.408 e. The molecule has 0 fully saturated rings. The highest BCUT2D eigenvalue weighted by Gasteiger charge is 2.12. The van der Waals surface area contributed by atoms with Crippen molar-refractivity contribution in [1.82, 2.24) is 10.2 Å². The van der Waals surface area contributed by atoms with E-state index in [2.05, 4.69) is 15.5 Å². The molecular formula is C10H10N4O2. The highest BCUT2D eigenvalue weighted by molar-refractivity contribution is 6.06. The van der Waals surface area contributed by atoms with Crippen LogP contribution in [0.5, 0.6) is 0 Å². The Bertz CT molecular complexity index is 521. The smallest absolute Gasteiger partial charge is 0.322 e. The summed E-state index contributed by atoms with van der Waals surface area (Å²) in [5, 5.41) is 9.71. The molecular weight excluding hydrogens is 208 g/mol. The fourth-order valence-electron chi connectivity index (χ4n) is 1.22. The number of carbonyl (C=O) groups is 1. The molecule has 2 aromatic rings. The number of nitrogens with zero attached hydrogens (tertiary/aromatic N) is 2. The van der Waals surface area contributed by atoms with E-state index in [1.807, 2.05) is 0 Å². The van der Waals surface area contributed by atoms with Crippen molar-refractivity contribution in [2.45, 2.75) is 6.92 Å². The summed E-state index contributed by atoms with van der Waals surface area (Å²) in [4.78, 5) is 11.7. The summed E-state index contributed by atoms with van der Waals surface area (Å²) in [5.41, 5.74) is 6.43. The van der Waals surface area contributed by atoms with Gasteiger partial charge in [0.15, 0.2) is 0 Å². The number of hydrogen-bond donors (Lipinski definition) is 2. The summed E-state index contributed by atoms with van der Waals surface area (Å²) >= 11 is 0. The van der Waals surface area contributed by atoms with Crippen molar-refractivity contribution in [3.63, 3.8) is 0 Å². The Kier molecular flexibility index (Phi) is 2.55. The van der Waals surface area contributed by atoms with Gasteiger partial charge >= 0.3 is 6.01 Å². The molecule has 0 saturated carbocycles. The molecule has 82 valence electrons. The first-order valence-electron chi connectivity index (χ1n) is 4.63. The summed E-state index contributed by atoms with van der Waals surface area (Å²) in [7, 11) is 0. The van der Waals surface area contributed by atoms with Gasteiger partial charge in [-0.15, -0.1) is 5.10 Å². The van der Waals surface area contributed by atoms with E-state index in [1.165, 1.54) is 0 Å². The van der Waals surface area contributed by atoms with E-state index in [1.54, 1.807) is 31.2 Å². The van der Waals surface area contributed by atoms with Gasteiger partial charge in [0, 0.05) is 12.6 Å². The Morgan fingerprint density at radius 3 is 2.75 bits per heavy atom. The Balaban J connectivity index is 2.18. The number of benzene rings is 1. The second kappa shape index (κ2) is 4.01. The molecule has 0 spiro atoms. The molecule has 0 unspecified atom stereocenters. The maximum absolute atomic E-state index is 11.7. The Labute approximate surface area is 91.5 Å². The van der Waals surface area contributed by atoms with Crippen molar-refractivity contribution < 1.29 is 9.21 Å². The predicted octanol–water partition coefficient (Wildman–Crippen LogP) is 1.21. The average Bonchev–Trinajstić information content (AvgIpc) is 2.64. The number of hydrogen-bond acceptors (Lipinski definition) is 5. The standard InChI is InChI=1S/C10H10N4O2/c1-6-13-14-10(16-6)12-9(15)7-4-2-3-5-8(7)11/h2-5H,11H2,1H3,(H,12,14,15). The second-order valence-electron chi connectivity index (χ2n) is 3.17. The van der Waals surface area contributed by atoms with E-state index in [9.17, 15) is 4.79 Å². The van der Waals surface area contributed by atoms with Crippen LogP contribution in [-0.2, 0) is 0 Å². The maximum atomic E-state index is 11.7. The second-order valence-corrected chi connectivity index (χ2v) is 3.17. The van der Waals surface area contributed by atoms with Gasteiger partial charge in [-0.1, -0.05) is 17.2 Å². The number of aryl methyl sites for hydroxylation is 1. The van der Waals surface area contributed by atoms with E-state index >= 15 is 0 Å². The molecule has 1 aromatic heterocycles. The molecule has 16 heavy (non-hydrogen) atoms. The highest BCUT2D eigenvalue weighted by atomic mass is 16.4. The van der Waals surface area contributed by atoms with Crippen LogP contribution in [0, 0.1) is 6.92 Å². The first kappa shape index (κ1) is 10.2. The summed E-state index contributed by atoms with van der Waals surface area (Å²) in [6.45, 7) is 1.64. The van der Waals surface area contributed by atoms with E-state index in [-0.39, 0.29) is 11.9 Å². The van der Waals surface area contributed by atoms with Crippen molar-refractivity contribution >= 4 is 17.6 Å². The van der Waals surface area contributed by atoms with Crippen LogP contribution in [-0.4, -0.2) is 16.1 Å². The monoisotopic (exact) mass is 218 g/mol. The van der Waals surface area contributed by atoms with Gasteiger partial charge in [0.05, 0.1) is 5.56 Å². The van der Waals surface area contributed by atoms with Crippen LogP contribution in [0.25, 0.3) is 0 Å². The van der Waals surface area contributed by atoms with Gasteiger partial charge in [-0.3, -0.25) is 10.1 Å². The number of anilines is 2. The summed E-state index contributed by atoms with van der Waals surface area (Å²) in [5.74, 6) is 0.0121. The van der Waals surface area contributed by atoms with Crippen LogP contribution >= 0.6 is 0 Å². The third-order valence-electron chi connectivity index (χ3n) is 1.95. The molecule has 0 bridgehead atoms. The molecule has 0 aliphatic rings. The number of para-hydroxylation sites is 1. The number of aromatic nitrogens is 2. The minimum atomic E-state index is -0.373. The normalized spacial score (nSPS) is 10.1. The van der Waals surface area contributed by atoms with Gasteiger partial charge < -0.3 is 10.2 Å². The van der Waals surface area contributed by atoms with E-state index < -0.39 is 0 Å². The van der Waals surface area contributed by atoms with Crippen LogP contribution in [0.1, 0.15) is 16.2 Å². The van der Waals surface area contributed by atoms with Crippen LogP contribution in [0.15, 0.2) is 28.7 Å². The van der Waals surface area contributed by atoms with Gasteiger partial charge in [0.2, 0.25) is 5.89 Å². The number of nitrogen functional groups attached to an aromatic ring is 1. The lowest BCUT2D eigenvalue weighted by molar-refractivity contribution is 0.102. The quantitative estimate of drug-likeness (QED) is 0.739. The van der Waals surface area contributed by atoms with Crippen LogP contribution < -0.4 is 11.1 Å². The SMILES string of the molecule is Cc1nnc(NC(=O)c2ccccc2N)o1. The zero-order valence-corrected chi connectivity index (χ0v) is 8.60. The topological polar surface area (TPSA) is 94.0 Å². The Hall–Kier alpha value is -2.37. The zero-order valence-electron chi connectivity index (χ0n) is 8.60. The molecule has 1 heterocycles. The summed E-state index contributed by atoms with van der Waals surface area (Å²) in [6, 6.07) is 6.81. The minimum absolute atomic E-state index is 0.0609. The molecule has 2 rings (SSSR count). The molecule has 0 aliphatic carbocycles. The molecule has 1 aromatic carbocycles. The molecule has 0 atom stereocenters. The number of nitrogens with two attached hydrogens (primary N) is 1. The lowest BCUT2D eigenvalue weighted by atomic mass is 10.2. The van der Waals surface area contributed by atoms with Gasteiger partial charge in [-0.2, -0.15) is 0 Å². The number of nitrogens with one attached hydrogen (secondary N) is 1. The summed E-state index contributed by atoms with van der Waals surface area (Å²) in [6.07, 6.45) is 0. The van der Waals surface area contributed by atoms with Crippen molar-refractivity contribution in [3.8, 4) is 0 Å². The van der Waals surface area contributed by atoms with Crippen molar-refractivity contribution in [2.24, 2.45) is 0 Å². The fraction of sp³-hybridized carbons (Fsp3) is 0.100. The predicted molar refractivity (Wildman–Crippen MR) is 57.8 cm³/mol. The van der Waals surface area contributed by atoms with Gasteiger partial charge in [-0.05, 0) is 12.1 Å². The minimum Gasteiger partial charge on any atom is -0.408 e. The first-order chi connectivity index (χ1) is 7.66. The first-order valence-corrected chi connectivity index (χ1v) is 4.63. The molecule has 6 nitrogen and oxygen atoms in total. The van der Waals surface area contributed by atoms with Gasteiger partial charge in [0.25, 0.3) is 5.91 Å². The van der Waals surface area contributed by atoms with Crippen molar-refractivity contribution in [3.05, 3.63) is 35.7 Å². The van der Waals surface area contributed by atoms with Gasteiger partial charge in [0.1, 0.15) is 0 Å².